The van der Waals surface area contributed by atoms with Gasteiger partial charge in [-0.15, -0.1) is 0 Å². The molecule has 1 aromatic carbocycles. The molecular weight excluding hydrogens is 234 g/mol. The lowest BCUT2D eigenvalue weighted by molar-refractivity contribution is 0.288. The lowest BCUT2D eigenvalue weighted by Crippen LogP contribution is -2.30. The van der Waals surface area contributed by atoms with Gasteiger partial charge >= 0.3 is 0 Å². The van der Waals surface area contributed by atoms with Crippen LogP contribution in [0.1, 0.15) is 50.5 Å². The maximum absolute atomic E-state index is 5.55. The van der Waals surface area contributed by atoms with Crippen molar-refractivity contribution in [2.45, 2.75) is 44.9 Å². The Labute approximate surface area is 117 Å². The van der Waals surface area contributed by atoms with Crippen LogP contribution in [0.4, 0.5) is 0 Å². The predicted molar refractivity (Wildman–Crippen MR) is 80.9 cm³/mol. The average molecular weight is 261 g/mol. The average Bonchev–Trinajstić information content (AvgIpc) is 2.48. The maximum atomic E-state index is 5.55. The smallest absolute Gasteiger partial charge is 0.122 e. The van der Waals surface area contributed by atoms with Gasteiger partial charge in [0.25, 0.3) is 0 Å². The first-order chi connectivity index (χ1) is 9.36. The van der Waals surface area contributed by atoms with Gasteiger partial charge in [0, 0.05) is 0 Å². The van der Waals surface area contributed by atoms with Crippen LogP contribution < -0.4 is 10.1 Å². The molecule has 1 aliphatic carbocycles. The van der Waals surface area contributed by atoms with Crippen LogP contribution in [0, 0.1) is 5.92 Å². The fraction of sp³-hybridized carbons (Fsp3) is 0.647. The summed E-state index contributed by atoms with van der Waals surface area (Å²) in [6, 6.07) is 8.56. The highest BCUT2D eigenvalue weighted by molar-refractivity contribution is 5.36. The van der Waals surface area contributed by atoms with Gasteiger partial charge in [0.05, 0.1) is 7.11 Å². The van der Waals surface area contributed by atoms with Gasteiger partial charge in [-0.25, -0.2) is 0 Å². The SMILES string of the molecule is CCCNCC1CCCCC1c1ccccc1OC. The van der Waals surface area contributed by atoms with Crippen molar-refractivity contribution in [1.82, 2.24) is 5.32 Å². The molecule has 2 atom stereocenters. The van der Waals surface area contributed by atoms with Gasteiger partial charge in [-0.05, 0) is 55.8 Å². The van der Waals surface area contributed by atoms with E-state index in [0.29, 0.717) is 5.92 Å². The van der Waals surface area contributed by atoms with E-state index in [9.17, 15) is 0 Å². The molecule has 2 rings (SSSR count). The van der Waals surface area contributed by atoms with E-state index in [-0.39, 0.29) is 0 Å². The summed E-state index contributed by atoms with van der Waals surface area (Å²) < 4.78 is 5.55. The van der Waals surface area contributed by atoms with Crippen LogP contribution in [0.3, 0.4) is 0 Å². The summed E-state index contributed by atoms with van der Waals surface area (Å²) in [5, 5.41) is 3.60. The molecule has 1 fully saturated rings. The molecule has 0 aliphatic heterocycles. The van der Waals surface area contributed by atoms with Gasteiger partial charge in [-0.1, -0.05) is 38.0 Å². The molecule has 2 heteroatoms. The monoisotopic (exact) mass is 261 g/mol. The molecule has 19 heavy (non-hydrogen) atoms. The highest BCUT2D eigenvalue weighted by Gasteiger charge is 2.27. The third-order valence-electron chi connectivity index (χ3n) is 4.28. The minimum atomic E-state index is 0.661. The van der Waals surface area contributed by atoms with Crippen LogP contribution in [0.2, 0.25) is 0 Å². The quantitative estimate of drug-likeness (QED) is 0.782. The Kier molecular flexibility index (Phi) is 5.71. The van der Waals surface area contributed by atoms with Crippen LogP contribution in [0.5, 0.6) is 5.75 Å². The number of para-hydroxylation sites is 1. The van der Waals surface area contributed by atoms with Crippen molar-refractivity contribution in [2.75, 3.05) is 20.2 Å². The normalized spacial score (nSPS) is 23.3. The Morgan fingerprint density at radius 3 is 2.79 bits per heavy atom. The van der Waals surface area contributed by atoms with Crippen LogP contribution in [-0.4, -0.2) is 20.2 Å². The molecule has 0 amide bonds. The second-order valence-corrected chi connectivity index (χ2v) is 5.60. The first-order valence-corrected chi connectivity index (χ1v) is 7.70. The molecule has 0 radical (unpaired) electrons. The summed E-state index contributed by atoms with van der Waals surface area (Å²) in [5.41, 5.74) is 1.41. The van der Waals surface area contributed by atoms with Crippen molar-refractivity contribution in [1.29, 1.82) is 0 Å². The number of ether oxygens (including phenoxy) is 1. The van der Waals surface area contributed by atoms with Crippen molar-refractivity contribution in [3.63, 3.8) is 0 Å². The molecule has 0 saturated heterocycles. The van der Waals surface area contributed by atoms with Crippen molar-refractivity contribution >= 4 is 0 Å². The van der Waals surface area contributed by atoms with Crippen LogP contribution in [-0.2, 0) is 0 Å². The number of hydrogen-bond acceptors (Lipinski definition) is 2. The van der Waals surface area contributed by atoms with Gasteiger partial charge in [0.2, 0.25) is 0 Å². The van der Waals surface area contributed by atoms with Crippen LogP contribution in [0.15, 0.2) is 24.3 Å². The lowest BCUT2D eigenvalue weighted by Gasteiger charge is -2.33. The Bertz CT molecular complexity index is 377. The zero-order chi connectivity index (χ0) is 13.5. The fourth-order valence-corrected chi connectivity index (χ4v) is 3.30. The van der Waals surface area contributed by atoms with E-state index in [1.54, 1.807) is 7.11 Å². The highest BCUT2D eigenvalue weighted by Crippen LogP contribution is 2.40. The molecule has 1 saturated carbocycles. The van der Waals surface area contributed by atoms with Crippen LogP contribution >= 0.6 is 0 Å². The molecule has 0 spiro atoms. The molecule has 0 bridgehead atoms. The zero-order valence-electron chi connectivity index (χ0n) is 12.3. The Hall–Kier alpha value is -1.02. The minimum absolute atomic E-state index is 0.661. The van der Waals surface area contributed by atoms with Crippen molar-refractivity contribution in [2.24, 2.45) is 5.92 Å². The third-order valence-corrected chi connectivity index (χ3v) is 4.28. The molecular formula is C17H27NO. The summed E-state index contributed by atoms with van der Waals surface area (Å²) in [7, 11) is 1.78. The van der Waals surface area contributed by atoms with Gasteiger partial charge in [0.15, 0.2) is 0 Å². The molecule has 0 aromatic heterocycles. The van der Waals surface area contributed by atoms with Gasteiger partial charge in [-0.2, -0.15) is 0 Å². The largest absolute Gasteiger partial charge is 0.496 e. The molecule has 1 aromatic rings. The number of hydrogen-bond donors (Lipinski definition) is 1. The van der Waals surface area contributed by atoms with E-state index in [1.807, 2.05) is 0 Å². The number of benzene rings is 1. The number of rotatable bonds is 6. The second kappa shape index (κ2) is 7.54. The Balaban J connectivity index is 2.09. The number of methoxy groups -OCH3 is 1. The van der Waals surface area contributed by atoms with Crippen molar-refractivity contribution in [3.8, 4) is 5.75 Å². The second-order valence-electron chi connectivity index (χ2n) is 5.60. The highest BCUT2D eigenvalue weighted by atomic mass is 16.5. The Morgan fingerprint density at radius 2 is 2.00 bits per heavy atom. The molecule has 2 unspecified atom stereocenters. The topological polar surface area (TPSA) is 21.3 Å². The summed E-state index contributed by atoms with van der Waals surface area (Å²) in [5.74, 6) is 2.49. The standard InChI is InChI=1S/C17H27NO/c1-3-12-18-13-14-8-4-5-9-15(14)16-10-6-7-11-17(16)19-2/h6-7,10-11,14-15,18H,3-5,8-9,12-13H2,1-2H3. The van der Waals surface area contributed by atoms with E-state index in [4.69, 9.17) is 4.74 Å². The molecule has 1 N–H and O–H groups in total. The zero-order valence-corrected chi connectivity index (χ0v) is 12.3. The van der Waals surface area contributed by atoms with E-state index >= 15 is 0 Å². The Morgan fingerprint density at radius 1 is 1.21 bits per heavy atom. The predicted octanol–water partition coefficient (Wildman–Crippen LogP) is 3.97. The molecule has 0 heterocycles. The van der Waals surface area contributed by atoms with Gasteiger partial charge in [-0.3, -0.25) is 0 Å². The summed E-state index contributed by atoms with van der Waals surface area (Å²) >= 11 is 0. The third kappa shape index (κ3) is 3.73. The molecule has 106 valence electrons. The van der Waals surface area contributed by atoms with Crippen molar-refractivity contribution in [3.05, 3.63) is 29.8 Å². The first kappa shape index (κ1) is 14.4. The molecule has 1 aliphatic rings. The van der Waals surface area contributed by atoms with E-state index in [1.165, 1.54) is 37.7 Å². The first-order valence-electron chi connectivity index (χ1n) is 7.70. The van der Waals surface area contributed by atoms with E-state index in [2.05, 4.69) is 36.5 Å². The van der Waals surface area contributed by atoms with Gasteiger partial charge in [0.1, 0.15) is 5.75 Å². The van der Waals surface area contributed by atoms with Gasteiger partial charge < -0.3 is 10.1 Å². The van der Waals surface area contributed by atoms with Crippen molar-refractivity contribution < 1.29 is 4.74 Å². The van der Waals surface area contributed by atoms with E-state index < -0.39 is 0 Å². The molecule has 2 nitrogen and oxygen atoms in total. The summed E-state index contributed by atoms with van der Waals surface area (Å²) in [6.07, 6.45) is 6.60. The maximum Gasteiger partial charge on any atom is 0.122 e. The number of nitrogens with one attached hydrogen (secondary N) is 1. The summed E-state index contributed by atoms with van der Waals surface area (Å²) in [4.78, 5) is 0. The van der Waals surface area contributed by atoms with Crippen LogP contribution in [0.25, 0.3) is 0 Å². The lowest BCUT2D eigenvalue weighted by atomic mass is 9.75. The minimum Gasteiger partial charge on any atom is -0.496 e. The fourth-order valence-electron chi connectivity index (χ4n) is 3.30. The summed E-state index contributed by atoms with van der Waals surface area (Å²) in [6.45, 7) is 4.51. The van der Waals surface area contributed by atoms with E-state index in [0.717, 1.165) is 24.8 Å².